The van der Waals surface area contributed by atoms with E-state index in [-0.39, 0.29) is 30.8 Å². The second-order valence-corrected chi connectivity index (χ2v) is 6.85. The van der Waals surface area contributed by atoms with Gasteiger partial charge >= 0.3 is 6.09 Å². The molecule has 0 aliphatic heterocycles. The zero-order valence-corrected chi connectivity index (χ0v) is 16.7. The Hall–Kier alpha value is -4.04. The highest BCUT2D eigenvalue weighted by Crippen LogP contribution is 2.29. The summed E-state index contributed by atoms with van der Waals surface area (Å²) in [6.45, 7) is 1.84. The molecule has 0 unspecified atom stereocenters. The maximum absolute atomic E-state index is 13.6. The normalized spacial score (nSPS) is 12.1. The van der Waals surface area contributed by atoms with Crippen molar-refractivity contribution in [2.45, 2.75) is 13.0 Å². The molecular formula is C20H18FN7O3. The highest BCUT2D eigenvalue weighted by molar-refractivity contribution is 5.93. The molecule has 11 heteroatoms. The summed E-state index contributed by atoms with van der Waals surface area (Å²) < 4.78 is 25.6. The number of carbonyl (C=O) groups excluding carboxylic acids is 1. The van der Waals surface area contributed by atoms with E-state index in [1.165, 1.54) is 18.3 Å². The first kappa shape index (κ1) is 20.2. The van der Waals surface area contributed by atoms with E-state index in [2.05, 4.69) is 25.4 Å². The van der Waals surface area contributed by atoms with Gasteiger partial charge < -0.3 is 19.8 Å². The molecule has 10 nitrogen and oxygen atoms in total. The van der Waals surface area contributed by atoms with E-state index in [9.17, 15) is 9.18 Å². The molecule has 4 aromatic rings. The number of halogens is 1. The maximum atomic E-state index is 13.6. The number of hydrogen-bond donors (Lipinski definition) is 2. The highest BCUT2D eigenvalue weighted by atomic mass is 19.1. The molecule has 3 aromatic heterocycles. The number of rotatable bonds is 6. The fourth-order valence-corrected chi connectivity index (χ4v) is 3.13. The number of amides is 1. The Kier molecular flexibility index (Phi) is 5.46. The van der Waals surface area contributed by atoms with Crippen LogP contribution in [0.15, 0.2) is 30.6 Å². The number of H-pyrrole nitrogens is 1. The maximum Gasteiger partial charge on any atom is 0.413 e. The van der Waals surface area contributed by atoms with Crippen molar-refractivity contribution in [1.82, 2.24) is 30.0 Å². The van der Waals surface area contributed by atoms with Gasteiger partial charge in [0.05, 0.1) is 30.4 Å². The van der Waals surface area contributed by atoms with Crippen LogP contribution in [0, 0.1) is 17.1 Å². The number of aromatic amines is 1. The molecule has 0 saturated carbocycles. The molecule has 3 heterocycles. The van der Waals surface area contributed by atoms with Crippen LogP contribution in [-0.2, 0) is 11.8 Å². The van der Waals surface area contributed by atoms with Crippen LogP contribution in [0.1, 0.15) is 6.92 Å². The van der Waals surface area contributed by atoms with Gasteiger partial charge in [-0.05, 0) is 25.1 Å². The van der Waals surface area contributed by atoms with Crippen LogP contribution in [0.4, 0.5) is 9.18 Å². The summed E-state index contributed by atoms with van der Waals surface area (Å²) >= 11 is 0. The smallest absolute Gasteiger partial charge is 0.406 e. The van der Waals surface area contributed by atoms with E-state index in [1.54, 1.807) is 30.9 Å². The van der Waals surface area contributed by atoms with Gasteiger partial charge in [-0.25, -0.2) is 19.2 Å². The molecule has 0 spiro atoms. The Morgan fingerprint density at radius 1 is 1.45 bits per heavy atom. The van der Waals surface area contributed by atoms with Gasteiger partial charge in [0.15, 0.2) is 16.9 Å². The van der Waals surface area contributed by atoms with E-state index < -0.39 is 6.09 Å². The first-order chi connectivity index (χ1) is 15.0. The van der Waals surface area contributed by atoms with Crippen molar-refractivity contribution in [2.75, 3.05) is 13.2 Å². The molecule has 4 rings (SSSR count). The van der Waals surface area contributed by atoms with Gasteiger partial charge in [0, 0.05) is 18.6 Å². The number of hydrogen-bond acceptors (Lipinski definition) is 7. The number of nitrogens with one attached hydrogen (secondary N) is 2. The quantitative estimate of drug-likeness (QED) is 0.456. The van der Waals surface area contributed by atoms with E-state index in [0.29, 0.717) is 28.1 Å². The number of benzene rings is 1. The lowest BCUT2D eigenvalue weighted by Gasteiger charge is -2.12. The molecule has 0 radical (unpaired) electrons. The van der Waals surface area contributed by atoms with Crippen molar-refractivity contribution in [3.05, 3.63) is 36.4 Å². The number of fused-ring (bicyclic) bond motifs is 2. The summed E-state index contributed by atoms with van der Waals surface area (Å²) in [4.78, 5) is 24.0. The number of carbonyl (C=O) groups is 1. The fraction of sp³-hybridized carbons (Fsp3) is 0.250. The minimum atomic E-state index is -0.695. The molecule has 1 aromatic carbocycles. The lowest BCUT2D eigenvalue weighted by atomic mass is 10.1. The van der Waals surface area contributed by atoms with E-state index >= 15 is 0 Å². The summed E-state index contributed by atoms with van der Waals surface area (Å²) in [5, 5.41) is 16.3. The van der Waals surface area contributed by atoms with Crippen LogP contribution in [-0.4, -0.2) is 50.1 Å². The Morgan fingerprint density at radius 3 is 3.10 bits per heavy atom. The first-order valence-corrected chi connectivity index (χ1v) is 9.36. The van der Waals surface area contributed by atoms with Crippen LogP contribution in [0.25, 0.3) is 33.5 Å². The summed E-state index contributed by atoms with van der Waals surface area (Å²) in [6, 6.07) is 5.89. The van der Waals surface area contributed by atoms with Gasteiger partial charge in [0.1, 0.15) is 23.8 Å². The Bertz CT molecular complexity index is 1310. The topological polar surface area (TPSA) is 131 Å². The molecule has 1 atom stereocenters. The fourth-order valence-electron chi connectivity index (χ4n) is 3.13. The number of aromatic nitrogens is 5. The summed E-state index contributed by atoms with van der Waals surface area (Å²) in [5.41, 5.74) is 2.39. The molecule has 0 saturated heterocycles. The second kappa shape index (κ2) is 8.37. The lowest BCUT2D eigenvalue weighted by molar-refractivity contribution is 0.138. The van der Waals surface area contributed by atoms with Crippen molar-refractivity contribution in [3.8, 4) is 23.2 Å². The number of nitrogens with zero attached hydrogens (tertiary/aromatic N) is 5. The third kappa shape index (κ3) is 4.15. The average molecular weight is 423 g/mol. The number of aryl methyl sites for hydroxylation is 1. The third-order valence-corrected chi connectivity index (χ3v) is 4.50. The van der Waals surface area contributed by atoms with Crippen LogP contribution in [0.2, 0.25) is 0 Å². The van der Waals surface area contributed by atoms with Crippen molar-refractivity contribution < 1.29 is 18.7 Å². The van der Waals surface area contributed by atoms with Gasteiger partial charge in [0.2, 0.25) is 0 Å². The summed E-state index contributed by atoms with van der Waals surface area (Å²) in [7, 11) is 1.72. The molecule has 31 heavy (non-hydrogen) atoms. The summed E-state index contributed by atoms with van der Waals surface area (Å²) in [6.07, 6.45) is 2.33. The largest absolute Gasteiger partial charge is 0.413 e. The van der Waals surface area contributed by atoms with Gasteiger partial charge in [-0.15, -0.1) is 0 Å². The first-order valence-electron chi connectivity index (χ1n) is 9.36. The number of ether oxygens (including phenoxy) is 2. The van der Waals surface area contributed by atoms with Gasteiger partial charge in [-0.3, -0.25) is 4.68 Å². The van der Waals surface area contributed by atoms with Gasteiger partial charge in [-0.2, -0.15) is 10.4 Å². The van der Waals surface area contributed by atoms with E-state index in [4.69, 9.17) is 14.7 Å². The monoisotopic (exact) mass is 423 g/mol. The standard InChI is InChI=1S/C20H18FN7O3/c1-11(10-30-6-5-22)25-20(29)31-16-9-24-19-18(16)26-14(8-23-19)17-13-4-3-12(21)7-15(13)28(2)27-17/h3-4,7-9,11H,6,10H2,1-2H3,(H,23,24)(H,25,29)/t11-/m0/s1. The summed E-state index contributed by atoms with van der Waals surface area (Å²) in [5.74, 6) is -0.165. The van der Waals surface area contributed by atoms with Crippen LogP contribution >= 0.6 is 0 Å². The Balaban J connectivity index is 1.59. The average Bonchev–Trinajstić information content (AvgIpc) is 3.28. The predicted molar refractivity (Wildman–Crippen MR) is 109 cm³/mol. The SMILES string of the molecule is C[C@@H](COCC#N)NC(=O)Oc1c[nH]c2ncc(-c3nn(C)c4cc(F)ccc34)nc12. The van der Waals surface area contributed by atoms with Crippen molar-refractivity contribution in [3.63, 3.8) is 0 Å². The van der Waals surface area contributed by atoms with Crippen LogP contribution in [0.5, 0.6) is 5.75 Å². The molecular weight excluding hydrogens is 405 g/mol. The zero-order chi connectivity index (χ0) is 22.0. The molecule has 158 valence electrons. The third-order valence-electron chi connectivity index (χ3n) is 4.50. The minimum Gasteiger partial charge on any atom is -0.406 e. The van der Waals surface area contributed by atoms with E-state index in [0.717, 1.165) is 5.39 Å². The van der Waals surface area contributed by atoms with Crippen molar-refractivity contribution in [1.29, 1.82) is 5.26 Å². The highest BCUT2D eigenvalue weighted by Gasteiger charge is 2.18. The Labute approximate surface area is 175 Å². The second-order valence-electron chi connectivity index (χ2n) is 6.85. The molecule has 0 bridgehead atoms. The predicted octanol–water partition coefficient (Wildman–Crippen LogP) is 2.67. The van der Waals surface area contributed by atoms with E-state index in [1.807, 2.05) is 6.07 Å². The molecule has 0 fully saturated rings. The molecule has 1 amide bonds. The van der Waals surface area contributed by atoms with Gasteiger partial charge in [0.25, 0.3) is 0 Å². The lowest BCUT2D eigenvalue weighted by Crippen LogP contribution is -2.37. The van der Waals surface area contributed by atoms with Gasteiger partial charge in [-0.1, -0.05) is 0 Å². The minimum absolute atomic E-state index is 0.0588. The van der Waals surface area contributed by atoms with Crippen LogP contribution in [0.3, 0.4) is 0 Å². The molecule has 2 N–H and O–H groups in total. The van der Waals surface area contributed by atoms with Crippen LogP contribution < -0.4 is 10.1 Å². The molecule has 0 aliphatic rings. The zero-order valence-electron chi connectivity index (χ0n) is 16.7. The van der Waals surface area contributed by atoms with Crippen molar-refractivity contribution in [2.24, 2.45) is 7.05 Å². The number of nitriles is 1. The molecule has 0 aliphatic carbocycles. The van der Waals surface area contributed by atoms with Crippen molar-refractivity contribution >= 4 is 28.2 Å². The Morgan fingerprint density at radius 2 is 2.29 bits per heavy atom.